The molecular weight excluding hydrogens is 394 g/mol. The fourth-order valence-corrected chi connectivity index (χ4v) is 4.51. The van der Waals surface area contributed by atoms with Crippen LogP contribution in [-0.4, -0.2) is 61.1 Å². The van der Waals surface area contributed by atoms with Crippen molar-refractivity contribution in [1.82, 2.24) is 28.4 Å². The second-order valence-electron chi connectivity index (χ2n) is 8.21. The molecule has 5 rings (SSSR count). The lowest BCUT2D eigenvalue weighted by atomic mass is 10.2. The van der Waals surface area contributed by atoms with Gasteiger partial charge in [0, 0.05) is 57.3 Å². The predicted molar refractivity (Wildman–Crippen MR) is 121 cm³/mol. The number of nitrogens with one attached hydrogen (secondary N) is 1. The average molecular weight is 422 g/mol. The van der Waals surface area contributed by atoms with Crippen molar-refractivity contribution in [2.24, 2.45) is 7.05 Å². The van der Waals surface area contributed by atoms with E-state index in [1.807, 2.05) is 13.1 Å². The number of para-hydroxylation sites is 1. The number of anilines is 1. The SMILES string of the molecule is Cc1cn2c3c(=O)[nH]c(=O)n(C)c3nc2n1CCCN1CCN(c2ccccc2)CC1. The van der Waals surface area contributed by atoms with E-state index in [2.05, 4.69) is 54.7 Å². The predicted octanol–water partition coefficient (Wildman–Crippen LogP) is 1.20. The number of piperazine rings is 1. The molecule has 1 aliphatic heterocycles. The van der Waals surface area contributed by atoms with E-state index in [0.29, 0.717) is 16.9 Å². The highest BCUT2D eigenvalue weighted by Crippen LogP contribution is 2.18. The van der Waals surface area contributed by atoms with E-state index in [9.17, 15) is 9.59 Å². The van der Waals surface area contributed by atoms with Crippen molar-refractivity contribution in [2.45, 2.75) is 19.9 Å². The molecule has 0 bridgehead atoms. The molecule has 4 heterocycles. The van der Waals surface area contributed by atoms with Crippen molar-refractivity contribution in [3.05, 3.63) is 63.1 Å². The zero-order valence-corrected chi connectivity index (χ0v) is 17.9. The minimum Gasteiger partial charge on any atom is -0.369 e. The molecule has 0 spiro atoms. The Balaban J connectivity index is 1.27. The van der Waals surface area contributed by atoms with Crippen LogP contribution in [0.2, 0.25) is 0 Å². The molecule has 162 valence electrons. The molecule has 9 nitrogen and oxygen atoms in total. The summed E-state index contributed by atoms with van der Waals surface area (Å²) in [5.41, 5.74) is 2.32. The Kier molecular flexibility index (Phi) is 4.90. The normalized spacial score (nSPS) is 15.4. The van der Waals surface area contributed by atoms with Crippen molar-refractivity contribution in [1.29, 1.82) is 0 Å². The lowest BCUT2D eigenvalue weighted by Crippen LogP contribution is -2.46. The smallest absolute Gasteiger partial charge is 0.329 e. The number of aromatic nitrogens is 5. The summed E-state index contributed by atoms with van der Waals surface area (Å²) >= 11 is 0. The van der Waals surface area contributed by atoms with Gasteiger partial charge in [0.1, 0.15) is 0 Å². The van der Waals surface area contributed by atoms with E-state index >= 15 is 0 Å². The number of hydrogen-bond acceptors (Lipinski definition) is 5. The van der Waals surface area contributed by atoms with Crippen molar-refractivity contribution < 1.29 is 0 Å². The third-order valence-corrected chi connectivity index (χ3v) is 6.26. The lowest BCUT2D eigenvalue weighted by molar-refractivity contribution is 0.250. The first-order valence-corrected chi connectivity index (χ1v) is 10.7. The number of hydrogen-bond donors (Lipinski definition) is 1. The van der Waals surface area contributed by atoms with Crippen LogP contribution >= 0.6 is 0 Å². The number of benzene rings is 1. The standard InChI is InChI=1S/C22H27N7O2/c1-16-15-29-18-19(25(2)22(31)24-20(18)30)23-21(29)28(16)10-6-9-26-11-13-27(14-12-26)17-7-4-3-5-8-17/h3-5,7-8,15H,6,9-14H2,1-2H3,(H,24,30,31). The third-order valence-electron chi connectivity index (χ3n) is 6.26. The molecule has 4 aromatic rings. The van der Waals surface area contributed by atoms with E-state index in [1.165, 1.54) is 10.3 Å². The molecule has 1 N–H and O–H groups in total. The molecule has 3 aromatic heterocycles. The Morgan fingerprint density at radius 1 is 1.03 bits per heavy atom. The Bertz CT molecular complexity index is 1340. The summed E-state index contributed by atoms with van der Waals surface area (Å²) in [5.74, 6) is 0.702. The van der Waals surface area contributed by atoms with Gasteiger partial charge in [0.05, 0.1) is 0 Å². The Hall–Kier alpha value is -3.33. The van der Waals surface area contributed by atoms with E-state index in [1.54, 1.807) is 11.4 Å². The molecule has 1 aliphatic rings. The van der Waals surface area contributed by atoms with Gasteiger partial charge in [-0.3, -0.25) is 23.6 Å². The van der Waals surface area contributed by atoms with Gasteiger partial charge in [0.2, 0.25) is 5.78 Å². The summed E-state index contributed by atoms with van der Waals surface area (Å²) in [5, 5.41) is 0. The number of aromatic amines is 1. The van der Waals surface area contributed by atoms with Gasteiger partial charge < -0.3 is 9.47 Å². The molecule has 0 aliphatic carbocycles. The van der Waals surface area contributed by atoms with Gasteiger partial charge in [-0.25, -0.2) is 4.79 Å². The van der Waals surface area contributed by atoms with Gasteiger partial charge >= 0.3 is 5.69 Å². The zero-order chi connectivity index (χ0) is 21.5. The molecule has 0 saturated carbocycles. The fourth-order valence-electron chi connectivity index (χ4n) is 4.51. The van der Waals surface area contributed by atoms with E-state index in [-0.39, 0.29) is 0 Å². The van der Waals surface area contributed by atoms with Crippen molar-refractivity contribution in [2.75, 3.05) is 37.6 Å². The molecule has 0 unspecified atom stereocenters. The number of rotatable bonds is 5. The highest BCUT2D eigenvalue weighted by atomic mass is 16.2. The second kappa shape index (κ2) is 7.73. The van der Waals surface area contributed by atoms with Crippen LogP contribution in [0.1, 0.15) is 12.1 Å². The molecular formula is C22H27N7O2. The van der Waals surface area contributed by atoms with Crippen molar-refractivity contribution in [3.63, 3.8) is 0 Å². The van der Waals surface area contributed by atoms with Crippen molar-refractivity contribution in [3.8, 4) is 0 Å². The van der Waals surface area contributed by atoms with Gasteiger partial charge in [-0.15, -0.1) is 0 Å². The molecule has 0 atom stereocenters. The maximum atomic E-state index is 12.3. The van der Waals surface area contributed by atoms with Gasteiger partial charge in [-0.1, -0.05) is 18.2 Å². The van der Waals surface area contributed by atoms with Crippen LogP contribution in [0.4, 0.5) is 5.69 Å². The van der Waals surface area contributed by atoms with Gasteiger partial charge in [-0.05, 0) is 32.0 Å². The largest absolute Gasteiger partial charge is 0.369 e. The molecule has 1 fully saturated rings. The van der Waals surface area contributed by atoms with Gasteiger partial charge in [0.25, 0.3) is 5.56 Å². The van der Waals surface area contributed by atoms with Crippen LogP contribution in [0, 0.1) is 6.92 Å². The monoisotopic (exact) mass is 421 g/mol. The average Bonchev–Trinajstić information content (AvgIpc) is 3.29. The molecule has 1 saturated heterocycles. The number of fused-ring (bicyclic) bond motifs is 3. The van der Waals surface area contributed by atoms with E-state index in [0.717, 1.165) is 51.4 Å². The molecule has 0 amide bonds. The maximum Gasteiger partial charge on any atom is 0.329 e. The first-order valence-electron chi connectivity index (χ1n) is 10.7. The van der Waals surface area contributed by atoms with Crippen LogP contribution in [0.15, 0.2) is 46.1 Å². The summed E-state index contributed by atoms with van der Waals surface area (Å²) < 4.78 is 5.31. The van der Waals surface area contributed by atoms with Crippen LogP contribution in [0.3, 0.4) is 0 Å². The number of aryl methyl sites for hydroxylation is 3. The quantitative estimate of drug-likeness (QED) is 0.524. The third kappa shape index (κ3) is 3.44. The Morgan fingerprint density at radius 3 is 2.52 bits per heavy atom. The van der Waals surface area contributed by atoms with Crippen LogP contribution < -0.4 is 16.1 Å². The van der Waals surface area contributed by atoms with Crippen LogP contribution in [0.25, 0.3) is 16.9 Å². The Labute approximate surface area is 179 Å². The zero-order valence-electron chi connectivity index (χ0n) is 17.9. The highest BCUT2D eigenvalue weighted by Gasteiger charge is 2.19. The van der Waals surface area contributed by atoms with E-state index in [4.69, 9.17) is 0 Å². The number of imidazole rings is 2. The number of nitrogens with zero attached hydrogens (tertiary/aromatic N) is 6. The summed E-state index contributed by atoms with van der Waals surface area (Å²) in [6.07, 6.45) is 2.91. The summed E-state index contributed by atoms with van der Waals surface area (Å²) in [7, 11) is 1.62. The van der Waals surface area contributed by atoms with Gasteiger partial charge in [0.15, 0.2) is 11.2 Å². The first kappa shape index (κ1) is 19.6. The van der Waals surface area contributed by atoms with Crippen LogP contribution in [-0.2, 0) is 13.6 Å². The first-order chi connectivity index (χ1) is 15.0. The fraction of sp³-hybridized carbons (Fsp3) is 0.409. The molecule has 0 radical (unpaired) electrons. The summed E-state index contributed by atoms with van der Waals surface area (Å²) in [6, 6.07) is 10.6. The second-order valence-corrected chi connectivity index (χ2v) is 8.21. The number of H-pyrrole nitrogens is 1. The maximum absolute atomic E-state index is 12.3. The van der Waals surface area contributed by atoms with Crippen molar-refractivity contribution >= 4 is 22.6 Å². The summed E-state index contributed by atoms with van der Waals surface area (Å²) in [6.45, 7) is 8.05. The molecule has 1 aromatic carbocycles. The lowest BCUT2D eigenvalue weighted by Gasteiger charge is -2.36. The Morgan fingerprint density at radius 2 is 1.77 bits per heavy atom. The minimum absolute atomic E-state index is 0.404. The summed E-state index contributed by atoms with van der Waals surface area (Å²) in [4.78, 5) is 36.2. The molecule has 31 heavy (non-hydrogen) atoms. The highest BCUT2D eigenvalue weighted by molar-refractivity contribution is 5.75. The minimum atomic E-state index is -0.448. The molecule has 9 heteroatoms. The topological polar surface area (TPSA) is 83.6 Å². The van der Waals surface area contributed by atoms with Gasteiger partial charge in [-0.2, -0.15) is 4.98 Å². The van der Waals surface area contributed by atoms with Crippen LogP contribution in [0.5, 0.6) is 0 Å². The van der Waals surface area contributed by atoms with E-state index < -0.39 is 11.2 Å².